The molecule has 4 rings (SSSR count). The summed E-state index contributed by atoms with van der Waals surface area (Å²) in [4.78, 5) is 24.5. The minimum absolute atomic E-state index is 0.0105. The van der Waals surface area contributed by atoms with Crippen molar-refractivity contribution in [3.63, 3.8) is 0 Å². The van der Waals surface area contributed by atoms with Crippen LogP contribution in [0.3, 0.4) is 0 Å². The Morgan fingerprint density at radius 2 is 1.68 bits per heavy atom. The first kappa shape index (κ1) is 29.2. The minimum atomic E-state index is -3.52. The molecular weight excluding hydrogens is 532 g/mol. The average Bonchev–Trinajstić information content (AvgIpc) is 2.93. The molecule has 9 nitrogen and oxygen atoms in total. The van der Waals surface area contributed by atoms with Gasteiger partial charge in [0, 0.05) is 36.5 Å². The van der Waals surface area contributed by atoms with Gasteiger partial charge in [-0.3, -0.25) is 4.79 Å². The number of methoxy groups -OCH3 is 1. The molecule has 0 unspecified atom stereocenters. The van der Waals surface area contributed by atoms with E-state index in [9.17, 15) is 18.0 Å². The zero-order valence-electron chi connectivity index (χ0n) is 23.5. The Morgan fingerprint density at radius 3 is 2.30 bits per heavy atom. The van der Waals surface area contributed by atoms with Gasteiger partial charge in [-0.25, -0.2) is 13.2 Å². The number of hydrogen-bond acceptors (Lipinski definition) is 7. The molecule has 1 fully saturated rings. The van der Waals surface area contributed by atoms with E-state index in [0.29, 0.717) is 54.1 Å². The number of benzene rings is 2. The zero-order chi connectivity index (χ0) is 29.0. The van der Waals surface area contributed by atoms with Crippen molar-refractivity contribution in [3.05, 3.63) is 70.1 Å². The molecule has 1 aliphatic rings. The summed E-state index contributed by atoms with van der Waals surface area (Å²) in [6, 6.07) is 12.1. The highest BCUT2D eigenvalue weighted by Gasteiger charge is 2.26. The summed E-state index contributed by atoms with van der Waals surface area (Å²) < 4.78 is 44.6. The van der Waals surface area contributed by atoms with Gasteiger partial charge >= 0.3 is 6.09 Å². The number of alkyl carbamates (subject to hydrolysis) is 1. The van der Waals surface area contributed by atoms with Crippen molar-refractivity contribution in [2.45, 2.75) is 63.5 Å². The molecule has 1 amide bonds. The van der Waals surface area contributed by atoms with E-state index < -0.39 is 15.9 Å². The van der Waals surface area contributed by atoms with Gasteiger partial charge in [0.1, 0.15) is 17.2 Å². The minimum Gasteiger partial charge on any atom is -0.490 e. The van der Waals surface area contributed by atoms with Crippen LogP contribution in [0.1, 0.15) is 43.7 Å². The number of pyridine rings is 1. The molecule has 0 saturated heterocycles. The van der Waals surface area contributed by atoms with Gasteiger partial charge in [0.15, 0.2) is 9.84 Å². The van der Waals surface area contributed by atoms with Gasteiger partial charge < -0.3 is 24.1 Å². The molecular formula is C30H36N2O7S. The Bertz CT molecular complexity index is 1530. The molecule has 3 aromatic rings. The summed E-state index contributed by atoms with van der Waals surface area (Å²) in [5.41, 5.74) is 2.67. The number of carbonyl (C=O) groups is 1. The molecule has 1 heterocycles. The van der Waals surface area contributed by atoms with Crippen molar-refractivity contribution in [2.75, 3.05) is 12.9 Å². The monoisotopic (exact) mass is 568 g/mol. The first-order valence-electron chi connectivity index (χ1n) is 13.4. The van der Waals surface area contributed by atoms with Crippen LogP contribution in [-0.2, 0) is 21.6 Å². The Balaban J connectivity index is 1.76. The first-order valence-corrected chi connectivity index (χ1v) is 15.0. The fourth-order valence-corrected chi connectivity index (χ4v) is 5.79. The Labute approximate surface area is 235 Å². The maximum Gasteiger partial charge on any atom is 0.407 e. The molecule has 1 aromatic heterocycles. The van der Waals surface area contributed by atoms with E-state index in [1.165, 1.54) is 17.7 Å². The fourth-order valence-electron chi connectivity index (χ4n) is 4.88. The van der Waals surface area contributed by atoms with Crippen LogP contribution in [0.4, 0.5) is 4.79 Å². The summed E-state index contributed by atoms with van der Waals surface area (Å²) in [5, 5.41) is 2.83. The molecule has 214 valence electrons. The standard InChI is InChI=1S/C30H36N2O7S/c1-6-40(35,36)23-14-15-26(39-29-19(2)8-7-9-20(29)3)24(16-23)25-18-32(4)28(33)17-27(25)38-22-12-10-21(11-13-22)31-30(34)37-5/h7-9,14-18,21-22H,6,10-13H2,1-5H3,(H,31,34). The predicted octanol–water partition coefficient (Wildman–Crippen LogP) is 5.30. The van der Waals surface area contributed by atoms with Gasteiger partial charge in [-0.2, -0.15) is 0 Å². The summed E-state index contributed by atoms with van der Waals surface area (Å²) in [7, 11) is -0.550. The molecule has 2 aromatic carbocycles. The number of carbonyl (C=O) groups excluding carboxylic acids is 1. The highest BCUT2D eigenvalue weighted by molar-refractivity contribution is 7.91. The largest absolute Gasteiger partial charge is 0.490 e. The number of hydrogen-bond donors (Lipinski definition) is 1. The first-order chi connectivity index (χ1) is 19.0. The third-order valence-corrected chi connectivity index (χ3v) is 9.00. The molecule has 10 heteroatoms. The highest BCUT2D eigenvalue weighted by atomic mass is 32.2. The third-order valence-electron chi connectivity index (χ3n) is 7.27. The number of para-hydroxylation sites is 1. The second-order valence-electron chi connectivity index (χ2n) is 10.1. The molecule has 1 N–H and O–H groups in total. The number of aryl methyl sites for hydroxylation is 3. The van der Waals surface area contributed by atoms with Crippen LogP contribution in [0.2, 0.25) is 0 Å². The van der Waals surface area contributed by atoms with Gasteiger partial charge in [0.2, 0.25) is 0 Å². The topological polar surface area (TPSA) is 113 Å². The summed E-state index contributed by atoms with van der Waals surface area (Å²) >= 11 is 0. The molecule has 0 atom stereocenters. The van der Waals surface area contributed by atoms with Gasteiger partial charge in [0.25, 0.3) is 5.56 Å². The number of aromatic nitrogens is 1. The van der Waals surface area contributed by atoms with Crippen molar-refractivity contribution in [1.82, 2.24) is 9.88 Å². The number of ether oxygens (including phenoxy) is 3. The van der Waals surface area contributed by atoms with Crippen molar-refractivity contribution in [2.24, 2.45) is 7.05 Å². The van der Waals surface area contributed by atoms with E-state index >= 15 is 0 Å². The number of amides is 1. The lowest BCUT2D eigenvalue weighted by Gasteiger charge is -2.30. The molecule has 1 saturated carbocycles. The quantitative estimate of drug-likeness (QED) is 0.392. The predicted molar refractivity (Wildman–Crippen MR) is 153 cm³/mol. The van der Waals surface area contributed by atoms with Crippen molar-refractivity contribution in [3.8, 4) is 28.4 Å². The molecule has 0 spiro atoms. The lowest BCUT2D eigenvalue weighted by molar-refractivity contribution is 0.129. The SMILES string of the molecule is CCS(=O)(=O)c1ccc(Oc2c(C)cccc2C)c(-c2cn(C)c(=O)cc2OC2CCC(NC(=O)OC)CC2)c1. The van der Waals surface area contributed by atoms with Crippen LogP contribution >= 0.6 is 0 Å². The Hall–Kier alpha value is -3.79. The van der Waals surface area contributed by atoms with E-state index in [0.717, 1.165) is 11.1 Å². The molecule has 40 heavy (non-hydrogen) atoms. The van der Waals surface area contributed by atoms with Gasteiger partial charge in [-0.05, 0) is 68.9 Å². The average molecular weight is 569 g/mol. The van der Waals surface area contributed by atoms with E-state index in [1.807, 2.05) is 32.0 Å². The van der Waals surface area contributed by atoms with Gasteiger partial charge in [-0.1, -0.05) is 25.1 Å². The van der Waals surface area contributed by atoms with Crippen molar-refractivity contribution >= 4 is 15.9 Å². The van der Waals surface area contributed by atoms with Gasteiger partial charge in [-0.15, -0.1) is 0 Å². The van der Waals surface area contributed by atoms with Crippen LogP contribution in [0.25, 0.3) is 11.1 Å². The van der Waals surface area contributed by atoms with E-state index in [-0.39, 0.29) is 28.4 Å². The maximum absolute atomic E-state index is 12.8. The molecule has 0 bridgehead atoms. The lowest BCUT2D eigenvalue weighted by Crippen LogP contribution is -2.39. The fraction of sp³-hybridized carbons (Fsp3) is 0.400. The zero-order valence-corrected chi connectivity index (χ0v) is 24.3. The summed E-state index contributed by atoms with van der Waals surface area (Å²) in [6.07, 6.45) is 3.73. The van der Waals surface area contributed by atoms with Crippen LogP contribution in [-0.4, -0.2) is 44.1 Å². The Kier molecular flexibility index (Phi) is 8.88. The van der Waals surface area contributed by atoms with E-state index in [4.69, 9.17) is 14.2 Å². The maximum atomic E-state index is 12.8. The van der Waals surface area contributed by atoms with Crippen molar-refractivity contribution < 1.29 is 27.4 Å². The number of rotatable bonds is 8. The lowest BCUT2D eigenvalue weighted by atomic mass is 9.93. The number of nitrogens with zero attached hydrogens (tertiary/aromatic N) is 1. The van der Waals surface area contributed by atoms with E-state index in [2.05, 4.69) is 5.32 Å². The number of sulfone groups is 1. The highest BCUT2D eigenvalue weighted by Crippen LogP contribution is 2.41. The van der Waals surface area contributed by atoms with Gasteiger partial charge in [0.05, 0.1) is 23.9 Å². The van der Waals surface area contributed by atoms with Crippen molar-refractivity contribution in [1.29, 1.82) is 0 Å². The van der Waals surface area contributed by atoms with Crippen LogP contribution < -0.4 is 20.3 Å². The van der Waals surface area contributed by atoms with Crippen LogP contribution in [0, 0.1) is 13.8 Å². The van der Waals surface area contributed by atoms with E-state index in [1.54, 1.807) is 38.4 Å². The molecule has 0 radical (unpaired) electrons. The second kappa shape index (κ2) is 12.2. The third kappa shape index (κ3) is 6.50. The summed E-state index contributed by atoms with van der Waals surface area (Å²) in [5.74, 6) is 1.42. The molecule has 0 aliphatic heterocycles. The normalized spacial score (nSPS) is 17.2. The Morgan fingerprint density at radius 1 is 1.00 bits per heavy atom. The molecule has 1 aliphatic carbocycles. The van der Waals surface area contributed by atoms with Crippen LogP contribution in [0.15, 0.2) is 58.4 Å². The smallest absolute Gasteiger partial charge is 0.407 e. The second-order valence-corrected chi connectivity index (χ2v) is 12.4. The number of nitrogens with one attached hydrogen (secondary N) is 1. The summed E-state index contributed by atoms with van der Waals surface area (Å²) in [6.45, 7) is 5.50. The van der Waals surface area contributed by atoms with Crippen LogP contribution in [0.5, 0.6) is 17.2 Å².